The molecule has 0 saturated carbocycles. The number of hydrogen-bond donors (Lipinski definition) is 6. The van der Waals surface area contributed by atoms with Crippen LogP contribution < -0.4 is 5.73 Å². The summed E-state index contributed by atoms with van der Waals surface area (Å²) in [4.78, 5) is 10.2. The second-order valence-electron chi connectivity index (χ2n) is 4.74. The molecule has 7 nitrogen and oxygen atoms in total. The summed E-state index contributed by atoms with van der Waals surface area (Å²) in [6, 6.07) is 8.80. The molecular formula is C16H19NO6. The summed E-state index contributed by atoms with van der Waals surface area (Å²) < 4.78 is 0. The van der Waals surface area contributed by atoms with Gasteiger partial charge in [-0.2, -0.15) is 0 Å². The van der Waals surface area contributed by atoms with Crippen LogP contribution in [-0.2, 0) is 17.8 Å². The molecule has 2 rings (SSSR count). The molecule has 0 fully saturated rings. The van der Waals surface area contributed by atoms with Crippen LogP contribution in [0.1, 0.15) is 17.5 Å². The summed E-state index contributed by atoms with van der Waals surface area (Å²) in [7, 11) is 0. The van der Waals surface area contributed by atoms with E-state index in [9.17, 15) is 4.79 Å². The molecule has 0 heterocycles. The number of carboxylic acid groups (broad SMARTS) is 1. The van der Waals surface area contributed by atoms with Crippen LogP contribution in [-0.4, -0.2) is 31.5 Å². The zero-order valence-corrected chi connectivity index (χ0v) is 12.3. The van der Waals surface area contributed by atoms with E-state index in [0.717, 1.165) is 5.56 Å². The highest BCUT2D eigenvalue weighted by atomic mass is 16.4. The molecule has 0 spiro atoms. The van der Waals surface area contributed by atoms with Gasteiger partial charge in [0.15, 0.2) is 23.0 Å². The summed E-state index contributed by atoms with van der Waals surface area (Å²) in [6.45, 7) is 0.369. The molecule has 7 N–H and O–H groups in total. The number of aryl methyl sites for hydroxylation is 1. The van der Waals surface area contributed by atoms with Crippen molar-refractivity contribution in [3.05, 3.63) is 47.5 Å². The van der Waals surface area contributed by atoms with Gasteiger partial charge in [-0.25, -0.2) is 0 Å². The SMILES string of the molecule is NCc1ccc(O)c(O)c1.O=C(O)CCc1ccc(O)c(O)c1. The second-order valence-corrected chi connectivity index (χ2v) is 4.74. The van der Waals surface area contributed by atoms with Gasteiger partial charge in [-0.3, -0.25) is 4.79 Å². The fourth-order valence-electron chi connectivity index (χ4n) is 1.67. The van der Waals surface area contributed by atoms with Crippen LogP contribution in [0.4, 0.5) is 0 Å². The molecule has 0 amide bonds. The maximum Gasteiger partial charge on any atom is 0.303 e. The van der Waals surface area contributed by atoms with E-state index < -0.39 is 5.97 Å². The number of phenols is 4. The predicted octanol–water partition coefficient (Wildman–Crippen LogP) is 1.67. The Kier molecular flexibility index (Phi) is 6.69. The normalized spacial score (nSPS) is 9.78. The van der Waals surface area contributed by atoms with Crippen LogP contribution >= 0.6 is 0 Å². The lowest BCUT2D eigenvalue weighted by Gasteiger charge is -2.01. The third kappa shape index (κ3) is 6.15. The second kappa shape index (κ2) is 8.50. The highest BCUT2D eigenvalue weighted by Crippen LogP contribution is 2.25. The van der Waals surface area contributed by atoms with Crippen molar-refractivity contribution in [2.45, 2.75) is 19.4 Å². The predicted molar refractivity (Wildman–Crippen MR) is 83.4 cm³/mol. The molecule has 7 heteroatoms. The first-order chi connectivity index (χ1) is 10.8. The molecule has 23 heavy (non-hydrogen) atoms. The Morgan fingerprint density at radius 1 is 0.826 bits per heavy atom. The lowest BCUT2D eigenvalue weighted by molar-refractivity contribution is -0.136. The lowest BCUT2D eigenvalue weighted by Crippen LogP contribution is -1.96. The summed E-state index contributed by atoms with van der Waals surface area (Å²) in [5, 5.41) is 44.2. The number of aliphatic carboxylic acids is 1. The van der Waals surface area contributed by atoms with Crippen LogP contribution in [0.25, 0.3) is 0 Å². The first kappa shape index (κ1) is 18.1. The standard InChI is InChI=1S/C9H10O4.C7H9NO2/c10-7-3-1-6(5-8(7)11)2-4-9(12)13;8-4-5-1-2-6(9)7(10)3-5/h1,3,5,10-11H,2,4H2,(H,12,13);1-3,9-10H,4,8H2. The maximum atomic E-state index is 10.2. The number of rotatable bonds is 4. The van der Waals surface area contributed by atoms with Gasteiger partial charge in [0.25, 0.3) is 0 Å². The minimum absolute atomic E-state index is 0.0181. The van der Waals surface area contributed by atoms with Crippen molar-refractivity contribution in [2.75, 3.05) is 0 Å². The fraction of sp³-hybridized carbons (Fsp3) is 0.188. The highest BCUT2D eigenvalue weighted by Gasteiger charge is 2.02. The monoisotopic (exact) mass is 321 g/mol. The Labute approximate surface area is 132 Å². The summed E-state index contributed by atoms with van der Waals surface area (Å²) in [5.41, 5.74) is 6.77. The van der Waals surface area contributed by atoms with E-state index in [1.165, 1.54) is 24.3 Å². The topological polar surface area (TPSA) is 144 Å². The molecule has 0 aliphatic carbocycles. The summed E-state index contributed by atoms with van der Waals surface area (Å²) in [6.07, 6.45) is 0.368. The van der Waals surface area contributed by atoms with Crippen LogP contribution in [0, 0.1) is 0 Å². The number of carbonyl (C=O) groups is 1. The molecular weight excluding hydrogens is 302 g/mol. The van der Waals surface area contributed by atoms with Gasteiger partial charge in [-0.1, -0.05) is 12.1 Å². The van der Waals surface area contributed by atoms with Crippen molar-refractivity contribution >= 4 is 5.97 Å². The van der Waals surface area contributed by atoms with E-state index in [-0.39, 0.29) is 29.4 Å². The lowest BCUT2D eigenvalue weighted by atomic mass is 10.1. The van der Waals surface area contributed by atoms with Crippen LogP contribution in [0.2, 0.25) is 0 Å². The molecule has 0 atom stereocenters. The van der Waals surface area contributed by atoms with E-state index in [1.54, 1.807) is 12.1 Å². The Bertz CT molecular complexity index is 672. The zero-order valence-electron chi connectivity index (χ0n) is 12.3. The minimum Gasteiger partial charge on any atom is -0.504 e. The molecule has 2 aromatic rings. The number of phenolic OH excluding ortho intramolecular Hbond substituents is 4. The Morgan fingerprint density at radius 2 is 1.30 bits per heavy atom. The first-order valence-electron chi connectivity index (χ1n) is 6.77. The van der Waals surface area contributed by atoms with Gasteiger partial charge in [-0.05, 0) is 41.8 Å². The highest BCUT2D eigenvalue weighted by molar-refractivity contribution is 5.67. The van der Waals surface area contributed by atoms with Crippen LogP contribution in [0.5, 0.6) is 23.0 Å². The smallest absolute Gasteiger partial charge is 0.303 e. The quantitative estimate of drug-likeness (QED) is 0.470. The van der Waals surface area contributed by atoms with Crippen molar-refractivity contribution in [1.82, 2.24) is 0 Å². The third-order valence-electron chi connectivity index (χ3n) is 2.94. The zero-order chi connectivity index (χ0) is 17.4. The van der Waals surface area contributed by atoms with E-state index in [1.807, 2.05) is 0 Å². The molecule has 0 aromatic heterocycles. The van der Waals surface area contributed by atoms with E-state index in [4.69, 9.17) is 31.3 Å². The Morgan fingerprint density at radius 3 is 1.74 bits per heavy atom. The summed E-state index contributed by atoms with van der Waals surface area (Å²) >= 11 is 0. The van der Waals surface area contributed by atoms with Gasteiger partial charge in [0.2, 0.25) is 0 Å². The number of benzene rings is 2. The fourth-order valence-corrected chi connectivity index (χ4v) is 1.67. The Balaban J connectivity index is 0.000000238. The van der Waals surface area contributed by atoms with E-state index >= 15 is 0 Å². The average Bonchev–Trinajstić information content (AvgIpc) is 2.52. The van der Waals surface area contributed by atoms with Crippen molar-refractivity contribution in [2.24, 2.45) is 5.73 Å². The van der Waals surface area contributed by atoms with Gasteiger partial charge in [0.1, 0.15) is 0 Å². The van der Waals surface area contributed by atoms with E-state index in [2.05, 4.69) is 0 Å². The van der Waals surface area contributed by atoms with Gasteiger partial charge >= 0.3 is 5.97 Å². The van der Waals surface area contributed by atoms with Crippen LogP contribution in [0.3, 0.4) is 0 Å². The van der Waals surface area contributed by atoms with Gasteiger partial charge in [0, 0.05) is 13.0 Å². The van der Waals surface area contributed by atoms with Crippen molar-refractivity contribution in [3.63, 3.8) is 0 Å². The largest absolute Gasteiger partial charge is 0.504 e. The number of aromatic hydroxyl groups is 4. The van der Waals surface area contributed by atoms with Crippen molar-refractivity contribution in [1.29, 1.82) is 0 Å². The first-order valence-corrected chi connectivity index (χ1v) is 6.77. The minimum atomic E-state index is -0.882. The molecule has 0 aliphatic rings. The van der Waals surface area contributed by atoms with Gasteiger partial charge < -0.3 is 31.3 Å². The molecule has 124 valence electrons. The molecule has 0 saturated heterocycles. The molecule has 0 unspecified atom stereocenters. The number of carboxylic acids is 1. The summed E-state index contributed by atoms with van der Waals surface area (Å²) in [5.74, 6) is -1.53. The number of hydrogen-bond acceptors (Lipinski definition) is 6. The number of nitrogens with two attached hydrogens (primary N) is 1. The Hall–Kier alpha value is -2.93. The van der Waals surface area contributed by atoms with Crippen molar-refractivity contribution < 1.29 is 30.3 Å². The molecule has 0 radical (unpaired) electrons. The van der Waals surface area contributed by atoms with Gasteiger partial charge in [-0.15, -0.1) is 0 Å². The third-order valence-corrected chi connectivity index (χ3v) is 2.94. The van der Waals surface area contributed by atoms with Gasteiger partial charge in [0.05, 0.1) is 0 Å². The molecule has 0 aliphatic heterocycles. The molecule has 0 bridgehead atoms. The van der Waals surface area contributed by atoms with E-state index in [0.29, 0.717) is 18.5 Å². The molecule has 2 aromatic carbocycles. The average molecular weight is 321 g/mol. The maximum absolute atomic E-state index is 10.2. The van der Waals surface area contributed by atoms with Crippen molar-refractivity contribution in [3.8, 4) is 23.0 Å². The van der Waals surface area contributed by atoms with Crippen LogP contribution in [0.15, 0.2) is 36.4 Å².